The van der Waals surface area contributed by atoms with E-state index in [0.717, 1.165) is 65.2 Å². The van der Waals surface area contributed by atoms with E-state index in [1.165, 1.54) is 116 Å². The first-order valence-corrected chi connectivity index (χ1v) is 42.5. The third kappa shape index (κ3) is 30.4. The first-order valence-electron chi connectivity index (χ1n) is 42.5. The number of amides is 3. The number of carboxylic acids is 1. The largest absolute Gasteiger partial charge is 0.477 e. The van der Waals surface area contributed by atoms with Gasteiger partial charge < -0.3 is 170 Å². The minimum absolute atomic E-state index is 0.151. The molecule has 38 heteroatoms. The predicted octanol–water partition coefficient (Wildman–Crippen LogP) is -2.19. The van der Waals surface area contributed by atoms with Gasteiger partial charge in [0.2, 0.25) is 17.7 Å². The highest BCUT2D eigenvalue weighted by Crippen LogP contribution is 2.41. The lowest BCUT2D eigenvalue weighted by atomic mass is 9.88. The van der Waals surface area contributed by atoms with Crippen LogP contribution in [0.15, 0.2) is 12.2 Å². The summed E-state index contributed by atoms with van der Waals surface area (Å²) in [6.07, 6.45) is -26.3. The second-order valence-corrected chi connectivity index (χ2v) is 32.1. The van der Waals surface area contributed by atoms with Crippen LogP contribution in [0.4, 0.5) is 0 Å². The topological polar surface area (TPSA) is 600 Å². The zero-order chi connectivity index (χ0) is 86.1. The molecular formula is C79H141N3O35. The molecule has 0 saturated carbocycles. The van der Waals surface area contributed by atoms with Crippen molar-refractivity contribution in [2.24, 2.45) is 0 Å². The highest BCUT2D eigenvalue weighted by molar-refractivity contribution is 5.77. The van der Waals surface area contributed by atoms with E-state index in [4.69, 9.17) is 56.8 Å². The summed E-state index contributed by atoms with van der Waals surface area (Å²) in [4.78, 5) is 52.7. The van der Waals surface area contributed by atoms with Crippen LogP contribution in [0.5, 0.6) is 0 Å². The maximum Gasteiger partial charge on any atom is 0.364 e. The molecule has 3 amide bonds. The van der Waals surface area contributed by atoms with Crippen molar-refractivity contribution >= 4 is 23.7 Å². The van der Waals surface area contributed by atoms with E-state index >= 15 is 0 Å². The van der Waals surface area contributed by atoms with Crippen molar-refractivity contribution in [2.75, 3.05) is 39.6 Å². The van der Waals surface area contributed by atoms with E-state index in [1.807, 2.05) is 6.08 Å². The van der Waals surface area contributed by atoms with Crippen molar-refractivity contribution in [3.05, 3.63) is 12.2 Å². The standard InChI is InChI=1S/C79H141N3O35/c1-6-8-10-12-14-16-18-20-21-23-25-27-29-31-33-35-54(93)82-46(47(90)34-32-30-28-26-24-22-19-17-15-13-11-9-7-2)42-106-74-64(101)62(99)67(52(40-86)111-74)112-76-65(102)71(59(96)50(38-84)108-76)115-73-56(81-45(5)89)70(114-75-63(100)61(98)57(94)43(3)107-75)68(53(41-87)110-73)113-77-66(103)72(60(97)51(39-85)109-77)117-79(78(104)105)36-48(91)55(80-44(4)88)69(116-79)58(95)49(92)37-83/h32,34,43,46-53,55-77,83-87,90-92,94-103H,6-31,33,35-42H2,1-5H3,(H,80,88)(H,81,89)(H,82,93)(H,104,105)/b34-32+/t43?,46-,47+,48?,49+,50?,51?,52?,53?,55+,56?,57+,58+,59-,60-,61?,62+,63-,64?,65?,66?,67+,68+,69?,70+,71-,72-,73-,74+,75+,76-,77-,79-/m0/s1. The quantitative estimate of drug-likeness (QED) is 0.0227. The van der Waals surface area contributed by atoms with Gasteiger partial charge in [-0.2, -0.15) is 0 Å². The van der Waals surface area contributed by atoms with Gasteiger partial charge in [-0.15, -0.1) is 0 Å². The molecule has 6 aliphatic heterocycles. The van der Waals surface area contributed by atoms with Crippen LogP contribution in [0, 0.1) is 0 Å². The molecule has 0 radical (unpaired) electrons. The van der Waals surface area contributed by atoms with Crippen LogP contribution >= 0.6 is 0 Å². The number of hydrogen-bond donors (Lipinski definition) is 22. The Hall–Kier alpha value is -3.58. The van der Waals surface area contributed by atoms with Crippen molar-refractivity contribution in [1.82, 2.24) is 16.0 Å². The molecule has 682 valence electrons. The van der Waals surface area contributed by atoms with Gasteiger partial charge in [0.1, 0.15) is 134 Å². The zero-order valence-corrected chi connectivity index (χ0v) is 68.4. The first kappa shape index (κ1) is 102. The Morgan fingerprint density at radius 3 is 1.39 bits per heavy atom. The number of hydrogen-bond acceptors (Lipinski definition) is 34. The van der Waals surface area contributed by atoms with Gasteiger partial charge in [-0.1, -0.05) is 180 Å². The molecule has 6 rings (SSSR count). The molecule has 0 aromatic carbocycles. The Bertz CT molecular complexity index is 2810. The van der Waals surface area contributed by atoms with Crippen LogP contribution in [-0.2, 0) is 76.0 Å². The summed E-state index contributed by atoms with van der Waals surface area (Å²) in [6.45, 7) is 1.50. The van der Waals surface area contributed by atoms with E-state index in [0.29, 0.717) is 12.8 Å². The van der Waals surface area contributed by atoms with Crippen molar-refractivity contribution in [3.8, 4) is 0 Å². The van der Waals surface area contributed by atoms with Gasteiger partial charge in [0.15, 0.2) is 31.5 Å². The fourth-order valence-corrected chi connectivity index (χ4v) is 15.7. The Kier molecular flexibility index (Phi) is 46.2. The summed E-state index contributed by atoms with van der Waals surface area (Å²) in [6, 6.07) is -4.81. The molecule has 0 bridgehead atoms. The van der Waals surface area contributed by atoms with Gasteiger partial charge in [0.25, 0.3) is 5.79 Å². The predicted molar refractivity (Wildman–Crippen MR) is 410 cm³/mol. The maximum absolute atomic E-state index is 13.6. The second-order valence-electron chi connectivity index (χ2n) is 32.1. The minimum Gasteiger partial charge on any atom is -0.477 e. The molecule has 0 aromatic heterocycles. The molecule has 12 unspecified atom stereocenters. The second kappa shape index (κ2) is 52.9. The number of rotatable bonds is 54. The molecule has 117 heavy (non-hydrogen) atoms. The summed E-state index contributed by atoms with van der Waals surface area (Å²) in [5, 5.41) is 221. The van der Waals surface area contributed by atoms with Crippen LogP contribution in [0.3, 0.4) is 0 Å². The van der Waals surface area contributed by atoms with Crippen LogP contribution in [-0.4, -0.2) is 362 Å². The van der Waals surface area contributed by atoms with E-state index in [9.17, 15) is 116 Å². The third-order valence-corrected chi connectivity index (χ3v) is 22.7. The first-order chi connectivity index (χ1) is 56.0. The number of carboxylic acid groups (broad SMARTS) is 1. The number of nitrogens with one attached hydrogen (secondary N) is 3. The third-order valence-electron chi connectivity index (χ3n) is 22.7. The number of aliphatic carboxylic acids is 1. The van der Waals surface area contributed by atoms with Crippen LogP contribution in [0.25, 0.3) is 0 Å². The molecule has 33 atom stereocenters. The molecule has 0 spiro atoms. The zero-order valence-electron chi connectivity index (χ0n) is 68.4. The number of ether oxygens (including phenoxy) is 12. The van der Waals surface area contributed by atoms with Crippen LogP contribution < -0.4 is 16.0 Å². The SMILES string of the molecule is CCCCCCCCCCCCC/C=C/[C@@H](O)[C@H](CO[C@@H]1OC(CO)[C@@H](O[C@@H]2OC(CO)[C@H](O)[C@H](O[C@@H]3OC(CO)[C@@H](O[C@@H]4OC(CO)[C@H](O)[C@H](O[C@]5(C(=O)O)CC(O)[C@@H](NC(C)=O)C([C@H](O)[C@H](O)CO)O5)C4O)[C@H](O[C@H]4OC(C)[C@@H](O)C(O)[C@@H]4O)C3NC(C)=O)C2O)[C@H](O)C1O)NC(=O)CCCCCCCCCCCCCCCCC. The lowest BCUT2D eigenvalue weighted by molar-refractivity contribution is -0.399. The summed E-state index contributed by atoms with van der Waals surface area (Å²) in [7, 11) is 0. The molecule has 6 saturated heterocycles. The molecule has 0 aliphatic carbocycles. The molecule has 0 aromatic rings. The monoisotopic (exact) mass is 1690 g/mol. The van der Waals surface area contributed by atoms with Crippen molar-refractivity contribution < 1.29 is 173 Å². The number of unbranched alkanes of at least 4 members (excludes halogenated alkanes) is 25. The normalized spacial score (nSPS) is 36.6. The van der Waals surface area contributed by atoms with Gasteiger partial charge in [0.05, 0.1) is 70.0 Å². The molecule has 6 aliphatic rings. The number of aliphatic hydroxyl groups is 18. The Morgan fingerprint density at radius 1 is 0.462 bits per heavy atom. The average molecular weight is 1690 g/mol. The number of aliphatic hydroxyl groups excluding tert-OH is 18. The van der Waals surface area contributed by atoms with Crippen LogP contribution in [0.1, 0.15) is 221 Å². The summed E-state index contributed by atoms with van der Waals surface area (Å²) in [5.41, 5.74) is 0. The fourth-order valence-electron chi connectivity index (χ4n) is 15.7. The smallest absolute Gasteiger partial charge is 0.364 e. The fraction of sp³-hybridized carbons (Fsp3) is 0.924. The van der Waals surface area contributed by atoms with Crippen molar-refractivity contribution in [3.63, 3.8) is 0 Å². The van der Waals surface area contributed by atoms with Crippen molar-refractivity contribution in [2.45, 2.75) is 423 Å². The Morgan fingerprint density at radius 2 is 0.889 bits per heavy atom. The highest BCUT2D eigenvalue weighted by atomic mass is 16.8. The van der Waals surface area contributed by atoms with E-state index in [1.54, 1.807) is 6.08 Å². The minimum atomic E-state index is -3.27. The summed E-state index contributed by atoms with van der Waals surface area (Å²) >= 11 is 0. The van der Waals surface area contributed by atoms with Gasteiger partial charge in [-0.3, -0.25) is 14.4 Å². The molecule has 22 N–H and O–H groups in total. The summed E-state index contributed by atoms with van der Waals surface area (Å²) < 4.78 is 72.2. The number of carbonyl (C=O) groups excluding carboxylic acids is 3. The van der Waals surface area contributed by atoms with Gasteiger partial charge in [-0.25, -0.2) is 4.79 Å². The number of allylic oxidation sites excluding steroid dienone is 1. The lowest BCUT2D eigenvalue weighted by Gasteiger charge is -2.52. The molecule has 6 heterocycles. The average Bonchev–Trinajstić information content (AvgIpc) is 0.752. The maximum atomic E-state index is 13.6. The number of carbonyl (C=O) groups is 4. The van der Waals surface area contributed by atoms with Crippen molar-refractivity contribution in [1.29, 1.82) is 0 Å². The van der Waals surface area contributed by atoms with Gasteiger partial charge in [-0.05, 0) is 26.2 Å². The van der Waals surface area contributed by atoms with Gasteiger partial charge >= 0.3 is 5.97 Å². The molecule has 6 fully saturated rings. The highest BCUT2D eigenvalue weighted by Gasteiger charge is 2.62. The lowest BCUT2D eigenvalue weighted by Crippen LogP contribution is -2.72. The van der Waals surface area contributed by atoms with E-state index in [-0.39, 0.29) is 12.3 Å². The Balaban J connectivity index is 1.20. The Labute approximate surface area is 684 Å². The van der Waals surface area contributed by atoms with Crippen LogP contribution in [0.2, 0.25) is 0 Å². The summed E-state index contributed by atoms with van der Waals surface area (Å²) in [5.74, 6) is -7.57. The molecule has 38 nitrogen and oxygen atoms in total. The van der Waals surface area contributed by atoms with E-state index < -0.39 is 266 Å². The molecular weight excluding hydrogens is 1550 g/mol. The van der Waals surface area contributed by atoms with Gasteiger partial charge in [0, 0.05) is 26.7 Å². The van der Waals surface area contributed by atoms with E-state index in [2.05, 4.69) is 29.8 Å².